The Hall–Kier alpha value is -3.58. The summed E-state index contributed by atoms with van der Waals surface area (Å²) in [6.45, 7) is 4.21. The molecule has 6 heteroatoms. The van der Waals surface area contributed by atoms with E-state index in [0.29, 0.717) is 11.1 Å². The number of thioether (sulfide) groups is 2. The summed E-state index contributed by atoms with van der Waals surface area (Å²) in [5, 5.41) is 22.8. The van der Waals surface area contributed by atoms with E-state index in [0.717, 1.165) is 49.3 Å². The van der Waals surface area contributed by atoms with Gasteiger partial charge in [-0.05, 0) is 41.3 Å². The summed E-state index contributed by atoms with van der Waals surface area (Å²) >= 11 is 3.36. The van der Waals surface area contributed by atoms with Crippen molar-refractivity contribution in [3.8, 4) is 12.1 Å². The van der Waals surface area contributed by atoms with E-state index >= 15 is 0 Å². The van der Waals surface area contributed by atoms with Crippen LogP contribution in [0.3, 0.4) is 0 Å². The fourth-order valence-corrected chi connectivity index (χ4v) is 6.63. The molecule has 4 heterocycles. The molecule has 0 amide bonds. The van der Waals surface area contributed by atoms with Crippen LogP contribution in [0.15, 0.2) is 89.2 Å². The van der Waals surface area contributed by atoms with Gasteiger partial charge in [0.05, 0.1) is 32.2 Å². The third-order valence-corrected chi connectivity index (χ3v) is 8.10. The Labute approximate surface area is 213 Å². The summed E-state index contributed by atoms with van der Waals surface area (Å²) in [4.78, 5) is 0. The summed E-state index contributed by atoms with van der Waals surface area (Å²) in [6, 6.07) is 27.5. The molecule has 0 saturated carbocycles. The van der Waals surface area contributed by atoms with Crippen LogP contribution in [-0.4, -0.2) is 20.3 Å². The molecule has 35 heavy (non-hydrogen) atoms. The molecular formula is C29H24N4S2. The van der Waals surface area contributed by atoms with E-state index in [1.165, 1.54) is 0 Å². The first kappa shape index (κ1) is 23.2. The molecule has 0 bridgehead atoms. The molecule has 5 aromatic rings. The van der Waals surface area contributed by atoms with Crippen LogP contribution in [0.25, 0.3) is 11.0 Å². The maximum atomic E-state index is 10.4. The van der Waals surface area contributed by atoms with Crippen LogP contribution in [0.2, 0.25) is 0 Å². The third kappa shape index (κ3) is 3.80. The van der Waals surface area contributed by atoms with Crippen LogP contribution in [0.5, 0.6) is 0 Å². The van der Waals surface area contributed by atoms with Crippen LogP contribution in [-0.2, 0) is 0 Å². The smallest absolute Gasteiger partial charge is 0.102 e. The van der Waals surface area contributed by atoms with Crippen molar-refractivity contribution in [3.63, 3.8) is 0 Å². The van der Waals surface area contributed by atoms with Crippen LogP contribution in [0.4, 0.5) is 0 Å². The highest BCUT2D eigenvalue weighted by molar-refractivity contribution is 7.99. The molecule has 0 atom stereocenters. The monoisotopic (exact) mass is 492 g/mol. The van der Waals surface area contributed by atoms with Crippen LogP contribution in [0, 0.1) is 22.7 Å². The predicted molar refractivity (Wildman–Crippen MR) is 144 cm³/mol. The van der Waals surface area contributed by atoms with Crippen molar-refractivity contribution in [3.05, 3.63) is 107 Å². The van der Waals surface area contributed by atoms with E-state index in [2.05, 4.69) is 59.1 Å². The topological polar surface area (TPSA) is 56.4 Å². The highest BCUT2D eigenvalue weighted by Gasteiger charge is 2.32. The minimum atomic E-state index is -0.271. The fourth-order valence-electron chi connectivity index (χ4n) is 4.89. The first-order valence-electron chi connectivity index (χ1n) is 11.6. The lowest BCUT2D eigenvalue weighted by Crippen LogP contribution is -2.06. The third-order valence-electron chi connectivity index (χ3n) is 6.17. The zero-order valence-electron chi connectivity index (χ0n) is 19.6. The number of hydrogen-bond acceptors (Lipinski definition) is 4. The van der Waals surface area contributed by atoms with E-state index in [1.807, 2.05) is 54.9 Å². The molecule has 1 aromatic carbocycles. The molecule has 4 nitrogen and oxygen atoms in total. The lowest BCUT2D eigenvalue weighted by molar-refractivity contribution is 0.990. The first-order chi connectivity index (χ1) is 17.2. The van der Waals surface area contributed by atoms with E-state index in [9.17, 15) is 10.5 Å². The number of aromatic nitrogens is 2. The largest absolute Gasteiger partial charge is 0.310 e. The Morgan fingerprint density at radius 1 is 0.686 bits per heavy atom. The van der Waals surface area contributed by atoms with E-state index < -0.39 is 0 Å². The summed E-state index contributed by atoms with van der Waals surface area (Å²) in [7, 11) is 0. The second kappa shape index (κ2) is 9.96. The molecule has 4 aromatic heterocycles. The second-order valence-electron chi connectivity index (χ2n) is 8.03. The highest BCUT2D eigenvalue weighted by atomic mass is 32.2. The Morgan fingerprint density at radius 2 is 1.14 bits per heavy atom. The van der Waals surface area contributed by atoms with Gasteiger partial charge in [-0.3, -0.25) is 0 Å². The molecule has 0 unspecified atom stereocenters. The Bertz CT molecular complexity index is 1500. The number of hydrogen-bond donors (Lipinski definition) is 0. The summed E-state index contributed by atoms with van der Waals surface area (Å²) in [5.74, 6) is 1.45. The minimum absolute atomic E-state index is 0.271. The maximum absolute atomic E-state index is 10.4. The number of nitriles is 2. The second-order valence-corrected chi connectivity index (χ2v) is 10.5. The van der Waals surface area contributed by atoms with Gasteiger partial charge >= 0.3 is 0 Å². The van der Waals surface area contributed by atoms with Gasteiger partial charge in [0.2, 0.25) is 0 Å². The van der Waals surface area contributed by atoms with Crippen molar-refractivity contribution in [2.24, 2.45) is 0 Å². The fraction of sp³-hybridized carbons (Fsp3) is 0.172. The van der Waals surface area contributed by atoms with E-state index in [1.54, 1.807) is 23.5 Å². The minimum Gasteiger partial charge on any atom is -0.310 e. The van der Waals surface area contributed by atoms with Gasteiger partial charge in [-0.15, -0.1) is 23.5 Å². The number of pyridine rings is 2. The summed E-state index contributed by atoms with van der Waals surface area (Å²) in [6.07, 6.45) is 4.06. The predicted octanol–water partition coefficient (Wildman–Crippen LogP) is 7.34. The summed E-state index contributed by atoms with van der Waals surface area (Å²) < 4.78 is 4.26. The number of nitrogens with zero attached hydrogens (tertiary/aromatic N) is 4. The van der Waals surface area contributed by atoms with Crippen LogP contribution in [0.1, 0.15) is 47.6 Å². The molecule has 0 aliphatic carbocycles. The number of benzene rings is 1. The average Bonchev–Trinajstić information content (AvgIpc) is 3.38. The highest BCUT2D eigenvalue weighted by Crippen LogP contribution is 2.46. The molecule has 0 fully saturated rings. The number of rotatable bonds is 7. The van der Waals surface area contributed by atoms with Gasteiger partial charge in [-0.1, -0.05) is 56.3 Å². The molecule has 0 spiro atoms. The van der Waals surface area contributed by atoms with Gasteiger partial charge in [-0.2, -0.15) is 10.5 Å². The normalized spacial score (nSPS) is 11.2. The Kier molecular flexibility index (Phi) is 6.59. The van der Waals surface area contributed by atoms with Crippen molar-refractivity contribution in [1.29, 1.82) is 10.5 Å². The van der Waals surface area contributed by atoms with Gasteiger partial charge < -0.3 is 8.80 Å². The van der Waals surface area contributed by atoms with Gasteiger partial charge in [0, 0.05) is 29.4 Å². The van der Waals surface area contributed by atoms with Gasteiger partial charge in [-0.25, -0.2) is 0 Å². The van der Waals surface area contributed by atoms with Crippen molar-refractivity contribution in [2.45, 2.75) is 29.8 Å². The molecule has 0 saturated heterocycles. The van der Waals surface area contributed by atoms with Crippen molar-refractivity contribution < 1.29 is 0 Å². The zero-order chi connectivity index (χ0) is 24.4. The molecule has 0 radical (unpaired) electrons. The van der Waals surface area contributed by atoms with Crippen molar-refractivity contribution >= 4 is 34.6 Å². The van der Waals surface area contributed by atoms with E-state index in [-0.39, 0.29) is 5.92 Å². The summed E-state index contributed by atoms with van der Waals surface area (Å²) in [5.41, 5.74) is 6.33. The standard InChI is InChI=1S/C29H24N4S2/c1-3-34-28-21(18-30)26(23-14-8-10-16-32(23)28)25(20-12-6-5-7-13-20)27-22(19-31)29(35-4-2)33-17-11-9-15-24(27)33/h5-17,25H,3-4H2,1-2H3. The zero-order valence-corrected chi connectivity index (χ0v) is 21.2. The lowest BCUT2D eigenvalue weighted by Gasteiger charge is -2.19. The Morgan fingerprint density at radius 3 is 1.57 bits per heavy atom. The molecule has 172 valence electrons. The quantitative estimate of drug-likeness (QED) is 0.223. The van der Waals surface area contributed by atoms with Crippen molar-refractivity contribution in [1.82, 2.24) is 8.80 Å². The molecular weight excluding hydrogens is 468 g/mol. The van der Waals surface area contributed by atoms with Gasteiger partial charge in [0.1, 0.15) is 12.1 Å². The average molecular weight is 493 g/mol. The Balaban J connectivity index is 1.96. The number of fused-ring (bicyclic) bond motifs is 2. The molecule has 0 aliphatic heterocycles. The maximum Gasteiger partial charge on any atom is 0.102 e. The van der Waals surface area contributed by atoms with Gasteiger partial charge in [0.25, 0.3) is 0 Å². The SMILES string of the molecule is CCSc1c(C#N)c(C(c2ccccc2)c2c(C#N)c(SCC)n3ccccc23)c2ccccn12. The van der Waals surface area contributed by atoms with Crippen LogP contribution >= 0.6 is 23.5 Å². The van der Waals surface area contributed by atoms with Gasteiger partial charge in [0.15, 0.2) is 0 Å². The first-order valence-corrected chi connectivity index (χ1v) is 13.6. The molecule has 0 N–H and O–H groups in total. The molecule has 5 rings (SSSR count). The lowest BCUT2D eigenvalue weighted by atomic mass is 9.82. The van der Waals surface area contributed by atoms with E-state index in [4.69, 9.17) is 0 Å². The van der Waals surface area contributed by atoms with Crippen LogP contribution < -0.4 is 0 Å². The van der Waals surface area contributed by atoms with Crippen molar-refractivity contribution in [2.75, 3.05) is 11.5 Å². The molecule has 0 aliphatic rings.